The lowest BCUT2D eigenvalue weighted by molar-refractivity contribution is -0.154. The minimum absolute atomic E-state index is 0.0193. The van der Waals surface area contributed by atoms with Gasteiger partial charge in [-0.2, -0.15) is 28.1 Å². The molecule has 6 bridgehead atoms. The molecule has 268 valence electrons. The van der Waals surface area contributed by atoms with Gasteiger partial charge in [-0.05, 0) is 55.5 Å². The number of carbonyl (C=O) groups is 4. The van der Waals surface area contributed by atoms with E-state index in [1.165, 1.54) is 18.2 Å². The molecule has 50 heavy (non-hydrogen) atoms. The average molecular weight is 705 g/mol. The Morgan fingerprint density at radius 3 is 2.34 bits per heavy atom. The van der Waals surface area contributed by atoms with E-state index < -0.39 is 55.1 Å². The molecule has 1 unspecified atom stereocenters. The summed E-state index contributed by atoms with van der Waals surface area (Å²) in [5.41, 5.74) is 6.01. The number of nitrogens with two attached hydrogens (primary N) is 1. The predicted molar refractivity (Wildman–Crippen MR) is 170 cm³/mol. The molecule has 3 amide bonds. The predicted octanol–water partition coefficient (Wildman–Crippen LogP) is 2.37. The summed E-state index contributed by atoms with van der Waals surface area (Å²) < 4.78 is 60.1. The number of hydrogen-bond acceptors (Lipinski definition) is 13. The van der Waals surface area contributed by atoms with Crippen LogP contribution in [0.2, 0.25) is 0 Å². The molecular formula is C31H35F3N8O8. The molecule has 19 heteroatoms. The van der Waals surface area contributed by atoms with Crippen LogP contribution in [0.4, 0.5) is 30.8 Å². The zero-order valence-corrected chi connectivity index (χ0v) is 26.8. The van der Waals surface area contributed by atoms with E-state index in [1.807, 2.05) is 12.1 Å². The number of aromatic nitrogens is 3. The van der Waals surface area contributed by atoms with Gasteiger partial charge in [0.15, 0.2) is 6.61 Å². The Labute approximate surface area is 283 Å². The zero-order valence-electron chi connectivity index (χ0n) is 26.8. The number of halogens is 3. The van der Waals surface area contributed by atoms with E-state index in [0.29, 0.717) is 18.8 Å². The number of hydrogen-bond donors (Lipinski definition) is 5. The zero-order chi connectivity index (χ0) is 36.1. The lowest BCUT2D eigenvalue weighted by Gasteiger charge is -2.19. The molecule has 3 heterocycles. The van der Waals surface area contributed by atoms with Crippen LogP contribution in [0.25, 0.3) is 0 Å². The Bertz CT molecular complexity index is 1660. The van der Waals surface area contributed by atoms with Crippen molar-refractivity contribution in [3.05, 3.63) is 53.6 Å². The minimum Gasteiger partial charge on any atom is -0.494 e. The second-order valence-electron chi connectivity index (χ2n) is 10.7. The lowest BCUT2D eigenvalue weighted by atomic mass is 10.1. The quantitative estimate of drug-likeness (QED) is 0.177. The largest absolute Gasteiger partial charge is 0.494 e. The molecule has 6 N–H and O–H groups in total. The highest BCUT2D eigenvalue weighted by Gasteiger charge is 2.29. The third-order valence-corrected chi connectivity index (χ3v) is 6.88. The van der Waals surface area contributed by atoms with Gasteiger partial charge in [0, 0.05) is 24.8 Å². The molecule has 0 radical (unpaired) electrons. The number of anilines is 3. The maximum Gasteiger partial charge on any atom is 0.422 e. The van der Waals surface area contributed by atoms with Crippen LogP contribution >= 0.6 is 0 Å². The Kier molecular flexibility index (Phi) is 12.9. The fourth-order valence-corrected chi connectivity index (χ4v) is 4.41. The molecule has 1 aromatic heterocycles. The van der Waals surface area contributed by atoms with Gasteiger partial charge in [0.25, 0.3) is 5.91 Å². The first-order valence-electron chi connectivity index (χ1n) is 15.3. The standard InChI is InChI=1S/C31H35F3N8O8/c1-47-27(46)22(16-36-26(45)24(35)43)39-25(44)21-11-8-19-14-23(21)49-13-5-3-2-4-12-48-20-9-6-18(7-10-20)15-37-28-40-29(38-19)42-30(41-28)50-17-31(32,33)34/h6-11,14,22H,2-5,12-13,15-17H2,1H3,(H2,35,43)(H,36,45)(H,39,44)(H2,37,38,40,41,42). The maximum absolute atomic E-state index is 13.4. The van der Waals surface area contributed by atoms with Crippen LogP contribution in [-0.4, -0.2) is 84.3 Å². The van der Waals surface area contributed by atoms with Gasteiger partial charge in [-0.3, -0.25) is 14.4 Å². The van der Waals surface area contributed by atoms with Crippen molar-refractivity contribution in [2.75, 3.05) is 44.1 Å². The molecule has 0 aliphatic carbocycles. The lowest BCUT2D eigenvalue weighted by Crippen LogP contribution is -2.50. The third-order valence-electron chi connectivity index (χ3n) is 6.88. The third kappa shape index (κ3) is 11.7. The summed E-state index contributed by atoms with van der Waals surface area (Å²) in [4.78, 5) is 60.6. The van der Waals surface area contributed by atoms with Crippen molar-refractivity contribution in [1.82, 2.24) is 25.6 Å². The first kappa shape index (κ1) is 36.9. The van der Waals surface area contributed by atoms with E-state index in [1.54, 1.807) is 12.1 Å². The normalized spacial score (nSPS) is 14.2. The Morgan fingerprint density at radius 2 is 1.66 bits per heavy atom. The van der Waals surface area contributed by atoms with E-state index >= 15 is 0 Å². The molecule has 2 aliphatic heterocycles. The number of nitrogens with one attached hydrogen (secondary N) is 4. The molecule has 0 saturated heterocycles. The highest BCUT2D eigenvalue weighted by atomic mass is 19.4. The number of rotatable bonds is 7. The maximum atomic E-state index is 13.4. The number of carbonyl (C=O) groups excluding carboxylic acids is 4. The summed E-state index contributed by atoms with van der Waals surface area (Å²) in [6.45, 7) is -1.25. The summed E-state index contributed by atoms with van der Waals surface area (Å²) >= 11 is 0. The highest BCUT2D eigenvalue weighted by molar-refractivity contribution is 6.34. The van der Waals surface area contributed by atoms with Crippen molar-refractivity contribution in [3.63, 3.8) is 0 Å². The number of methoxy groups -OCH3 is 1. The van der Waals surface area contributed by atoms with Crippen molar-refractivity contribution >= 4 is 41.3 Å². The second kappa shape index (κ2) is 17.5. The van der Waals surface area contributed by atoms with Gasteiger partial charge in [0.05, 0.1) is 25.9 Å². The molecule has 0 fully saturated rings. The van der Waals surface area contributed by atoms with Crippen molar-refractivity contribution in [3.8, 4) is 17.5 Å². The van der Waals surface area contributed by atoms with Crippen molar-refractivity contribution in [1.29, 1.82) is 0 Å². The molecule has 16 nitrogen and oxygen atoms in total. The number of alkyl halides is 3. The number of nitrogens with zero attached hydrogens (tertiary/aromatic N) is 3. The summed E-state index contributed by atoms with van der Waals surface area (Å²) in [6, 6.07) is 9.49. The van der Waals surface area contributed by atoms with Gasteiger partial charge >= 0.3 is 30.0 Å². The molecule has 5 rings (SSSR count). The summed E-state index contributed by atoms with van der Waals surface area (Å²) in [7, 11) is 1.07. The summed E-state index contributed by atoms with van der Waals surface area (Å²) in [5.74, 6) is -3.70. The number of fused-ring (bicyclic) bond motifs is 10. The molecule has 3 aromatic rings. The smallest absolute Gasteiger partial charge is 0.422 e. The molecule has 0 spiro atoms. The Balaban J connectivity index is 1.63. The van der Waals surface area contributed by atoms with Crippen molar-refractivity contribution < 1.29 is 51.3 Å². The van der Waals surface area contributed by atoms with Crippen LogP contribution in [0, 0.1) is 0 Å². The number of benzene rings is 2. The second-order valence-corrected chi connectivity index (χ2v) is 10.7. The Hall–Kier alpha value is -5.88. The topological polar surface area (TPSA) is 218 Å². The SMILES string of the molecule is COC(=O)C(CNC(=O)C(N)=O)NC(=O)c1ccc2cc1OCCCCCCOc1ccc(cc1)CNc1nc(nc(OCC(F)(F)F)n1)N2. The van der Waals surface area contributed by atoms with Crippen LogP contribution in [0.15, 0.2) is 42.5 Å². The van der Waals surface area contributed by atoms with E-state index in [-0.39, 0.29) is 42.0 Å². The molecule has 2 aromatic carbocycles. The summed E-state index contributed by atoms with van der Waals surface area (Å²) in [6.07, 6.45) is -1.62. The van der Waals surface area contributed by atoms with Crippen LogP contribution < -0.4 is 41.2 Å². The number of ether oxygens (including phenoxy) is 4. The number of esters is 1. The highest BCUT2D eigenvalue weighted by Crippen LogP contribution is 2.27. The van der Waals surface area contributed by atoms with Crippen LogP contribution in [0.3, 0.4) is 0 Å². The minimum atomic E-state index is -4.65. The monoisotopic (exact) mass is 704 g/mol. The van der Waals surface area contributed by atoms with E-state index in [2.05, 4.69) is 36.2 Å². The summed E-state index contributed by atoms with van der Waals surface area (Å²) in [5, 5.41) is 10.4. The van der Waals surface area contributed by atoms with Crippen LogP contribution in [0.1, 0.15) is 41.6 Å². The van der Waals surface area contributed by atoms with Crippen molar-refractivity contribution in [2.24, 2.45) is 5.73 Å². The van der Waals surface area contributed by atoms with Gasteiger partial charge in [-0.1, -0.05) is 12.1 Å². The fraction of sp³-hybridized carbons (Fsp3) is 0.387. The molecular weight excluding hydrogens is 669 g/mol. The van der Waals surface area contributed by atoms with Gasteiger partial charge in [0.2, 0.25) is 11.9 Å². The van der Waals surface area contributed by atoms with Gasteiger partial charge < -0.3 is 45.9 Å². The van der Waals surface area contributed by atoms with Gasteiger partial charge in [-0.25, -0.2) is 4.79 Å². The van der Waals surface area contributed by atoms with Gasteiger partial charge in [-0.15, -0.1) is 0 Å². The molecule has 2 aliphatic rings. The fourth-order valence-electron chi connectivity index (χ4n) is 4.41. The first-order chi connectivity index (χ1) is 23.9. The van der Waals surface area contributed by atoms with Gasteiger partial charge in [0.1, 0.15) is 17.5 Å². The number of amides is 3. The van der Waals surface area contributed by atoms with E-state index in [4.69, 9.17) is 24.7 Å². The Morgan fingerprint density at radius 1 is 0.960 bits per heavy atom. The van der Waals surface area contributed by atoms with Crippen molar-refractivity contribution in [2.45, 2.75) is 44.4 Å². The molecule has 1 atom stereocenters. The van der Waals surface area contributed by atoms with Crippen LogP contribution in [-0.2, 0) is 25.7 Å². The number of primary amides is 1. The average Bonchev–Trinajstić information content (AvgIpc) is 3.08. The van der Waals surface area contributed by atoms with E-state index in [9.17, 15) is 32.3 Å². The van der Waals surface area contributed by atoms with E-state index in [0.717, 1.165) is 31.9 Å². The van der Waals surface area contributed by atoms with Crippen LogP contribution in [0.5, 0.6) is 17.5 Å². The first-order valence-corrected chi connectivity index (χ1v) is 15.3. The molecule has 0 saturated carbocycles.